The Bertz CT molecular complexity index is 380. The van der Waals surface area contributed by atoms with Crippen LogP contribution in [0.25, 0.3) is 0 Å². The molecule has 1 N–H and O–H groups in total. The predicted octanol–water partition coefficient (Wildman–Crippen LogP) is 3.54. The van der Waals surface area contributed by atoms with E-state index in [0.717, 1.165) is 25.0 Å². The van der Waals surface area contributed by atoms with Gasteiger partial charge in [0.1, 0.15) is 5.82 Å². The number of nitrogens with one attached hydrogen (secondary N) is 1. The minimum atomic E-state index is -0.111. The molecule has 94 valence electrons. The van der Waals surface area contributed by atoms with Crippen LogP contribution in [0.1, 0.15) is 36.9 Å². The SMILES string of the molecule is CCC(CSC)NC1CCc2cc(F)ccc21. The predicted molar refractivity (Wildman–Crippen MR) is 73.1 cm³/mol. The lowest BCUT2D eigenvalue weighted by molar-refractivity contribution is 0.449. The smallest absolute Gasteiger partial charge is 0.123 e. The number of rotatable bonds is 5. The van der Waals surface area contributed by atoms with Crippen LogP contribution in [0, 0.1) is 5.82 Å². The van der Waals surface area contributed by atoms with E-state index in [2.05, 4.69) is 18.5 Å². The van der Waals surface area contributed by atoms with Crippen LogP contribution >= 0.6 is 11.8 Å². The number of fused-ring (bicyclic) bond motifs is 1. The van der Waals surface area contributed by atoms with E-state index in [0.29, 0.717) is 12.1 Å². The summed E-state index contributed by atoms with van der Waals surface area (Å²) in [7, 11) is 0. The Kier molecular flexibility index (Phi) is 4.46. The van der Waals surface area contributed by atoms with Gasteiger partial charge < -0.3 is 5.32 Å². The molecule has 0 radical (unpaired) electrons. The molecule has 17 heavy (non-hydrogen) atoms. The lowest BCUT2D eigenvalue weighted by Crippen LogP contribution is -2.33. The highest BCUT2D eigenvalue weighted by atomic mass is 32.2. The number of hydrogen-bond acceptors (Lipinski definition) is 2. The van der Waals surface area contributed by atoms with Gasteiger partial charge in [-0.1, -0.05) is 13.0 Å². The minimum absolute atomic E-state index is 0.111. The second kappa shape index (κ2) is 5.87. The van der Waals surface area contributed by atoms with E-state index in [1.807, 2.05) is 17.8 Å². The fourth-order valence-electron chi connectivity index (χ4n) is 2.53. The number of benzene rings is 1. The van der Waals surface area contributed by atoms with Gasteiger partial charge in [0.2, 0.25) is 0 Å². The van der Waals surface area contributed by atoms with Gasteiger partial charge in [-0.2, -0.15) is 11.8 Å². The van der Waals surface area contributed by atoms with Gasteiger partial charge in [-0.25, -0.2) is 4.39 Å². The number of thioether (sulfide) groups is 1. The average Bonchev–Trinajstić information content (AvgIpc) is 2.71. The number of aryl methyl sites for hydroxylation is 1. The van der Waals surface area contributed by atoms with Crippen LogP contribution in [0.15, 0.2) is 18.2 Å². The molecule has 1 aliphatic rings. The lowest BCUT2D eigenvalue weighted by atomic mass is 10.1. The first-order chi connectivity index (χ1) is 8.24. The molecule has 2 atom stereocenters. The zero-order valence-corrected chi connectivity index (χ0v) is 11.3. The fourth-order valence-corrected chi connectivity index (χ4v) is 3.26. The summed E-state index contributed by atoms with van der Waals surface area (Å²) < 4.78 is 13.1. The van der Waals surface area contributed by atoms with Gasteiger partial charge in [-0.15, -0.1) is 0 Å². The minimum Gasteiger partial charge on any atom is -0.306 e. The Morgan fingerprint density at radius 2 is 2.35 bits per heavy atom. The summed E-state index contributed by atoms with van der Waals surface area (Å²) in [5.41, 5.74) is 2.48. The molecule has 0 saturated carbocycles. The normalized spacial score (nSPS) is 20.3. The summed E-state index contributed by atoms with van der Waals surface area (Å²) in [6, 6.07) is 6.19. The summed E-state index contributed by atoms with van der Waals surface area (Å²) in [6.45, 7) is 2.22. The lowest BCUT2D eigenvalue weighted by Gasteiger charge is -2.22. The molecule has 0 amide bonds. The van der Waals surface area contributed by atoms with Gasteiger partial charge in [0, 0.05) is 17.8 Å². The van der Waals surface area contributed by atoms with Crippen molar-refractivity contribution in [1.29, 1.82) is 0 Å². The third-order valence-corrected chi connectivity index (χ3v) is 4.22. The second-order valence-electron chi connectivity index (χ2n) is 4.66. The zero-order valence-electron chi connectivity index (χ0n) is 10.5. The topological polar surface area (TPSA) is 12.0 Å². The van der Waals surface area contributed by atoms with Crippen molar-refractivity contribution in [2.75, 3.05) is 12.0 Å². The number of halogens is 1. The molecule has 1 aromatic carbocycles. The molecule has 1 aromatic rings. The Morgan fingerprint density at radius 1 is 1.53 bits per heavy atom. The molecule has 2 rings (SSSR count). The maximum atomic E-state index is 13.1. The first kappa shape index (κ1) is 12.9. The van der Waals surface area contributed by atoms with Crippen LogP contribution < -0.4 is 5.32 Å². The Morgan fingerprint density at radius 3 is 3.06 bits per heavy atom. The molecular weight excluding hydrogens is 233 g/mol. The highest BCUT2D eigenvalue weighted by Crippen LogP contribution is 2.32. The monoisotopic (exact) mass is 253 g/mol. The third-order valence-electron chi connectivity index (χ3n) is 3.48. The van der Waals surface area contributed by atoms with Crippen molar-refractivity contribution >= 4 is 11.8 Å². The van der Waals surface area contributed by atoms with E-state index in [4.69, 9.17) is 0 Å². The van der Waals surface area contributed by atoms with Gasteiger partial charge in [-0.05, 0) is 48.8 Å². The summed E-state index contributed by atoms with van der Waals surface area (Å²) in [4.78, 5) is 0. The van der Waals surface area contributed by atoms with Crippen LogP contribution in [0.5, 0.6) is 0 Å². The molecule has 0 heterocycles. The van der Waals surface area contributed by atoms with Crippen molar-refractivity contribution in [3.8, 4) is 0 Å². The van der Waals surface area contributed by atoms with Gasteiger partial charge in [0.05, 0.1) is 0 Å². The van der Waals surface area contributed by atoms with Crippen LogP contribution in [-0.2, 0) is 6.42 Å². The van der Waals surface area contributed by atoms with Crippen molar-refractivity contribution in [3.05, 3.63) is 35.1 Å². The van der Waals surface area contributed by atoms with E-state index in [-0.39, 0.29) is 5.82 Å². The standard InChI is InChI=1S/C14H20FNS/c1-3-12(9-17-2)16-14-7-4-10-8-11(15)5-6-13(10)14/h5-6,8,12,14,16H,3-4,7,9H2,1-2H3. The highest BCUT2D eigenvalue weighted by molar-refractivity contribution is 7.98. The molecular formula is C14H20FNS. The quantitative estimate of drug-likeness (QED) is 0.861. The molecule has 0 aromatic heterocycles. The molecule has 1 nitrogen and oxygen atoms in total. The fraction of sp³-hybridized carbons (Fsp3) is 0.571. The van der Waals surface area contributed by atoms with Gasteiger partial charge in [0.15, 0.2) is 0 Å². The average molecular weight is 253 g/mol. The second-order valence-corrected chi connectivity index (χ2v) is 5.57. The summed E-state index contributed by atoms with van der Waals surface area (Å²) in [5.74, 6) is 1.03. The van der Waals surface area contributed by atoms with Crippen molar-refractivity contribution in [2.45, 2.75) is 38.3 Å². The van der Waals surface area contributed by atoms with Gasteiger partial charge in [-0.3, -0.25) is 0 Å². The van der Waals surface area contributed by atoms with Crippen LogP contribution in [-0.4, -0.2) is 18.1 Å². The van der Waals surface area contributed by atoms with Crippen LogP contribution in [0.4, 0.5) is 4.39 Å². The maximum absolute atomic E-state index is 13.1. The van der Waals surface area contributed by atoms with E-state index in [1.165, 1.54) is 11.1 Å². The molecule has 0 aliphatic heterocycles. The van der Waals surface area contributed by atoms with Crippen molar-refractivity contribution in [1.82, 2.24) is 5.32 Å². The maximum Gasteiger partial charge on any atom is 0.123 e. The first-order valence-electron chi connectivity index (χ1n) is 6.28. The summed E-state index contributed by atoms with van der Waals surface area (Å²) in [6.07, 6.45) is 5.39. The highest BCUT2D eigenvalue weighted by Gasteiger charge is 2.24. The summed E-state index contributed by atoms with van der Waals surface area (Å²) >= 11 is 1.88. The molecule has 1 aliphatic carbocycles. The molecule has 3 heteroatoms. The summed E-state index contributed by atoms with van der Waals surface area (Å²) in [5, 5.41) is 3.70. The number of hydrogen-bond donors (Lipinski definition) is 1. The third kappa shape index (κ3) is 3.02. The Labute approximate surface area is 107 Å². The Hall–Kier alpha value is -0.540. The molecule has 2 unspecified atom stereocenters. The van der Waals surface area contributed by atoms with E-state index in [9.17, 15) is 4.39 Å². The van der Waals surface area contributed by atoms with Crippen LogP contribution in [0.3, 0.4) is 0 Å². The Balaban J connectivity index is 2.06. The van der Waals surface area contributed by atoms with Crippen molar-refractivity contribution in [3.63, 3.8) is 0 Å². The van der Waals surface area contributed by atoms with E-state index in [1.54, 1.807) is 12.1 Å². The van der Waals surface area contributed by atoms with Crippen molar-refractivity contribution in [2.24, 2.45) is 0 Å². The van der Waals surface area contributed by atoms with Gasteiger partial charge >= 0.3 is 0 Å². The van der Waals surface area contributed by atoms with Crippen molar-refractivity contribution < 1.29 is 4.39 Å². The van der Waals surface area contributed by atoms with Gasteiger partial charge in [0.25, 0.3) is 0 Å². The molecule has 0 fully saturated rings. The largest absolute Gasteiger partial charge is 0.306 e. The van der Waals surface area contributed by atoms with Crippen LogP contribution in [0.2, 0.25) is 0 Å². The van der Waals surface area contributed by atoms with E-state index < -0.39 is 0 Å². The molecule has 0 spiro atoms. The molecule has 0 saturated heterocycles. The molecule has 0 bridgehead atoms. The zero-order chi connectivity index (χ0) is 12.3. The first-order valence-corrected chi connectivity index (χ1v) is 7.67. The van der Waals surface area contributed by atoms with E-state index >= 15 is 0 Å².